The molecule has 0 aromatic heterocycles. The van der Waals surface area contributed by atoms with E-state index < -0.39 is 5.91 Å². The minimum atomic E-state index is -0.407. The SMILES string of the molecule is Cc1cccc(NC(=O)CC(=O)Nc2ccccc2Cl)c1C. The van der Waals surface area contributed by atoms with Crippen molar-refractivity contribution in [3.63, 3.8) is 0 Å². The number of nitrogens with one attached hydrogen (secondary N) is 2. The Kier molecular flexibility index (Phi) is 5.17. The lowest BCUT2D eigenvalue weighted by atomic mass is 10.1. The van der Waals surface area contributed by atoms with E-state index in [1.165, 1.54) is 0 Å². The van der Waals surface area contributed by atoms with Gasteiger partial charge in [-0.2, -0.15) is 0 Å². The van der Waals surface area contributed by atoms with E-state index in [1.54, 1.807) is 24.3 Å². The molecule has 114 valence electrons. The summed E-state index contributed by atoms with van der Waals surface area (Å²) in [4.78, 5) is 23.8. The molecule has 0 fully saturated rings. The molecule has 0 aliphatic carbocycles. The van der Waals surface area contributed by atoms with Crippen LogP contribution in [0.3, 0.4) is 0 Å². The van der Waals surface area contributed by atoms with Crippen LogP contribution in [0, 0.1) is 13.8 Å². The minimum Gasteiger partial charge on any atom is -0.325 e. The fourth-order valence-electron chi connectivity index (χ4n) is 1.98. The van der Waals surface area contributed by atoms with E-state index in [4.69, 9.17) is 11.6 Å². The number of amides is 2. The highest BCUT2D eigenvalue weighted by Gasteiger charge is 2.12. The van der Waals surface area contributed by atoms with Crippen LogP contribution in [0.25, 0.3) is 0 Å². The second-order valence-electron chi connectivity index (χ2n) is 5.00. The summed E-state index contributed by atoms with van der Waals surface area (Å²) >= 11 is 5.96. The Bertz CT molecular complexity index is 714. The zero-order chi connectivity index (χ0) is 16.1. The van der Waals surface area contributed by atoms with Crippen molar-refractivity contribution in [3.8, 4) is 0 Å². The number of carbonyl (C=O) groups is 2. The number of para-hydroxylation sites is 1. The normalized spacial score (nSPS) is 10.1. The minimum absolute atomic E-state index is 0.265. The molecule has 0 saturated heterocycles. The summed E-state index contributed by atoms with van der Waals surface area (Å²) in [5.41, 5.74) is 3.28. The maximum absolute atomic E-state index is 12.0. The van der Waals surface area contributed by atoms with Crippen LogP contribution in [0.1, 0.15) is 17.5 Å². The van der Waals surface area contributed by atoms with Crippen molar-refractivity contribution in [2.45, 2.75) is 20.3 Å². The summed E-state index contributed by atoms with van der Waals surface area (Å²) in [6.07, 6.45) is -0.265. The summed E-state index contributed by atoms with van der Waals surface area (Å²) in [6, 6.07) is 12.5. The van der Waals surface area contributed by atoms with Crippen molar-refractivity contribution in [1.29, 1.82) is 0 Å². The van der Waals surface area contributed by atoms with Crippen molar-refractivity contribution in [3.05, 3.63) is 58.6 Å². The molecule has 4 nitrogen and oxygen atoms in total. The van der Waals surface area contributed by atoms with Gasteiger partial charge in [-0.25, -0.2) is 0 Å². The smallest absolute Gasteiger partial charge is 0.233 e. The molecular weight excluding hydrogens is 300 g/mol. The quantitative estimate of drug-likeness (QED) is 0.840. The third-order valence-corrected chi connectivity index (χ3v) is 3.68. The number of rotatable bonds is 4. The van der Waals surface area contributed by atoms with Gasteiger partial charge in [-0.1, -0.05) is 35.9 Å². The van der Waals surface area contributed by atoms with Gasteiger partial charge in [-0.15, -0.1) is 0 Å². The van der Waals surface area contributed by atoms with Crippen LogP contribution in [0.15, 0.2) is 42.5 Å². The van der Waals surface area contributed by atoms with E-state index in [0.29, 0.717) is 10.7 Å². The molecule has 0 aliphatic heterocycles. The number of anilines is 2. The maximum Gasteiger partial charge on any atom is 0.233 e. The van der Waals surface area contributed by atoms with Gasteiger partial charge in [0.25, 0.3) is 0 Å². The molecule has 2 aromatic rings. The Morgan fingerprint density at radius 1 is 0.909 bits per heavy atom. The van der Waals surface area contributed by atoms with Crippen LogP contribution < -0.4 is 10.6 Å². The molecule has 2 rings (SSSR count). The van der Waals surface area contributed by atoms with E-state index in [0.717, 1.165) is 16.8 Å². The Morgan fingerprint density at radius 2 is 1.50 bits per heavy atom. The number of aryl methyl sites for hydroxylation is 1. The van der Waals surface area contributed by atoms with E-state index in [-0.39, 0.29) is 12.3 Å². The molecule has 2 N–H and O–H groups in total. The van der Waals surface area contributed by atoms with Crippen molar-refractivity contribution >= 4 is 34.8 Å². The summed E-state index contributed by atoms with van der Waals surface area (Å²) in [5, 5.41) is 5.81. The summed E-state index contributed by atoms with van der Waals surface area (Å²) in [6.45, 7) is 3.89. The van der Waals surface area contributed by atoms with Crippen molar-refractivity contribution in [1.82, 2.24) is 0 Å². The standard InChI is InChI=1S/C17H17ClN2O2/c1-11-6-5-9-14(12(11)2)19-16(21)10-17(22)20-15-8-4-3-7-13(15)18/h3-9H,10H2,1-2H3,(H,19,21)(H,20,22). The molecule has 0 spiro atoms. The van der Waals surface area contributed by atoms with Crippen LogP contribution in [-0.2, 0) is 9.59 Å². The molecule has 5 heteroatoms. The third-order valence-electron chi connectivity index (χ3n) is 3.35. The Hall–Kier alpha value is -2.33. The highest BCUT2D eigenvalue weighted by molar-refractivity contribution is 6.33. The number of benzene rings is 2. The second-order valence-corrected chi connectivity index (χ2v) is 5.41. The molecule has 0 atom stereocenters. The highest BCUT2D eigenvalue weighted by atomic mass is 35.5. The topological polar surface area (TPSA) is 58.2 Å². The fraction of sp³-hybridized carbons (Fsp3) is 0.176. The number of hydrogen-bond donors (Lipinski definition) is 2. The summed E-state index contributed by atoms with van der Waals surface area (Å²) < 4.78 is 0. The van der Waals surface area contributed by atoms with Gasteiger partial charge in [0.15, 0.2) is 0 Å². The van der Waals surface area contributed by atoms with Gasteiger partial charge in [0, 0.05) is 5.69 Å². The lowest BCUT2D eigenvalue weighted by molar-refractivity contribution is -0.123. The fourth-order valence-corrected chi connectivity index (χ4v) is 2.17. The summed E-state index contributed by atoms with van der Waals surface area (Å²) in [7, 11) is 0. The largest absolute Gasteiger partial charge is 0.325 e. The lowest BCUT2D eigenvalue weighted by Crippen LogP contribution is -2.22. The van der Waals surface area contributed by atoms with Crippen molar-refractivity contribution in [2.75, 3.05) is 10.6 Å². The van der Waals surface area contributed by atoms with E-state index in [9.17, 15) is 9.59 Å². The van der Waals surface area contributed by atoms with E-state index in [1.807, 2.05) is 32.0 Å². The van der Waals surface area contributed by atoms with Crippen LogP contribution in [0.4, 0.5) is 11.4 Å². The Labute approximate surface area is 134 Å². The van der Waals surface area contributed by atoms with Gasteiger partial charge in [-0.3, -0.25) is 9.59 Å². The average molecular weight is 317 g/mol. The first-order valence-corrected chi connectivity index (χ1v) is 7.25. The monoisotopic (exact) mass is 316 g/mol. The third kappa shape index (κ3) is 4.09. The molecule has 0 aliphatic rings. The van der Waals surface area contributed by atoms with E-state index in [2.05, 4.69) is 10.6 Å². The zero-order valence-corrected chi connectivity index (χ0v) is 13.2. The molecular formula is C17H17ClN2O2. The molecule has 0 bridgehead atoms. The molecule has 0 radical (unpaired) electrons. The molecule has 0 unspecified atom stereocenters. The van der Waals surface area contributed by atoms with Gasteiger partial charge in [0.05, 0.1) is 10.7 Å². The second kappa shape index (κ2) is 7.09. The van der Waals surface area contributed by atoms with Crippen LogP contribution in [-0.4, -0.2) is 11.8 Å². The van der Waals surface area contributed by atoms with Gasteiger partial charge >= 0.3 is 0 Å². The zero-order valence-electron chi connectivity index (χ0n) is 12.4. The number of carbonyl (C=O) groups excluding carboxylic acids is 2. The van der Waals surface area contributed by atoms with Crippen LogP contribution >= 0.6 is 11.6 Å². The maximum atomic E-state index is 12.0. The molecule has 22 heavy (non-hydrogen) atoms. The molecule has 0 heterocycles. The van der Waals surface area contributed by atoms with Gasteiger partial charge in [0.2, 0.25) is 11.8 Å². The molecule has 2 aromatic carbocycles. The Morgan fingerprint density at radius 3 is 2.18 bits per heavy atom. The number of hydrogen-bond acceptors (Lipinski definition) is 2. The van der Waals surface area contributed by atoms with Crippen LogP contribution in [0.5, 0.6) is 0 Å². The first kappa shape index (κ1) is 16.0. The van der Waals surface area contributed by atoms with Gasteiger partial charge in [0.1, 0.15) is 6.42 Å². The Balaban J connectivity index is 1.96. The van der Waals surface area contributed by atoms with Gasteiger partial charge in [-0.05, 0) is 43.2 Å². The van der Waals surface area contributed by atoms with Crippen LogP contribution in [0.2, 0.25) is 5.02 Å². The van der Waals surface area contributed by atoms with E-state index >= 15 is 0 Å². The lowest BCUT2D eigenvalue weighted by Gasteiger charge is -2.11. The predicted octanol–water partition coefficient (Wildman–Crippen LogP) is 3.92. The molecule has 0 saturated carbocycles. The number of halogens is 1. The van der Waals surface area contributed by atoms with Gasteiger partial charge < -0.3 is 10.6 Å². The highest BCUT2D eigenvalue weighted by Crippen LogP contribution is 2.21. The first-order valence-electron chi connectivity index (χ1n) is 6.88. The van der Waals surface area contributed by atoms with Crippen molar-refractivity contribution in [2.24, 2.45) is 0 Å². The summed E-state index contributed by atoms with van der Waals surface area (Å²) in [5.74, 6) is -0.769. The van der Waals surface area contributed by atoms with Crippen molar-refractivity contribution < 1.29 is 9.59 Å². The predicted molar refractivity (Wildman–Crippen MR) is 89.2 cm³/mol. The molecule has 2 amide bonds. The average Bonchev–Trinajstić information content (AvgIpc) is 2.46. The first-order chi connectivity index (χ1) is 10.5.